The van der Waals surface area contributed by atoms with Crippen LogP contribution >= 0.6 is 15.9 Å². The van der Waals surface area contributed by atoms with Gasteiger partial charge in [-0.15, -0.1) is 0 Å². The number of carbonyl (C=O) groups is 1. The number of hydrogen-bond donors (Lipinski definition) is 1. The van der Waals surface area contributed by atoms with Gasteiger partial charge in [-0.2, -0.15) is 0 Å². The Bertz CT molecular complexity index is 481. The van der Waals surface area contributed by atoms with Crippen LogP contribution in [-0.2, 0) is 0 Å². The summed E-state index contributed by atoms with van der Waals surface area (Å²) in [4.78, 5) is 14.5. The first kappa shape index (κ1) is 15.5. The highest BCUT2D eigenvalue weighted by molar-refractivity contribution is 9.10. The van der Waals surface area contributed by atoms with E-state index in [2.05, 4.69) is 21.2 Å². The van der Waals surface area contributed by atoms with Crippen molar-refractivity contribution in [3.05, 3.63) is 33.8 Å². The first-order valence-electron chi connectivity index (χ1n) is 7.23. The molecule has 1 amide bonds. The minimum absolute atomic E-state index is 0.133. The molecule has 1 aromatic rings. The molecule has 1 aliphatic carbocycles. The van der Waals surface area contributed by atoms with Gasteiger partial charge in [0.15, 0.2) is 0 Å². The van der Waals surface area contributed by atoms with Crippen molar-refractivity contribution in [1.82, 2.24) is 10.2 Å². The molecule has 0 radical (unpaired) electrons. The molecule has 1 aromatic carbocycles. The third-order valence-electron chi connectivity index (χ3n) is 4.38. The molecule has 1 aliphatic rings. The van der Waals surface area contributed by atoms with Gasteiger partial charge in [-0.3, -0.25) is 4.79 Å². The Balaban J connectivity index is 2.03. The summed E-state index contributed by atoms with van der Waals surface area (Å²) in [5.74, 6) is 0.133. The van der Waals surface area contributed by atoms with Crippen molar-refractivity contribution in [1.29, 1.82) is 0 Å². The van der Waals surface area contributed by atoms with Crippen LogP contribution in [0.4, 0.5) is 0 Å². The Morgan fingerprint density at radius 3 is 2.50 bits per heavy atom. The van der Waals surface area contributed by atoms with Crippen LogP contribution in [0, 0.1) is 6.92 Å². The molecule has 0 aromatic heterocycles. The van der Waals surface area contributed by atoms with E-state index in [0.717, 1.165) is 41.3 Å². The highest BCUT2D eigenvalue weighted by Crippen LogP contribution is 2.24. The minimum atomic E-state index is 0.133. The van der Waals surface area contributed by atoms with Gasteiger partial charge >= 0.3 is 0 Å². The van der Waals surface area contributed by atoms with Crippen molar-refractivity contribution in [3.8, 4) is 0 Å². The second kappa shape index (κ2) is 6.72. The minimum Gasteiger partial charge on any atom is -0.339 e. The number of amides is 1. The van der Waals surface area contributed by atoms with E-state index in [1.54, 1.807) is 0 Å². The molecule has 3 nitrogen and oxygen atoms in total. The van der Waals surface area contributed by atoms with Crippen molar-refractivity contribution < 1.29 is 4.79 Å². The Labute approximate surface area is 129 Å². The average Bonchev–Trinajstić information content (AvgIpc) is 2.48. The molecule has 2 rings (SSSR count). The Hall–Kier alpha value is -0.870. The van der Waals surface area contributed by atoms with Crippen LogP contribution in [0.15, 0.2) is 22.7 Å². The largest absolute Gasteiger partial charge is 0.339 e. The molecule has 0 spiro atoms. The van der Waals surface area contributed by atoms with Gasteiger partial charge in [0.1, 0.15) is 0 Å². The van der Waals surface area contributed by atoms with Gasteiger partial charge in [-0.1, -0.05) is 15.9 Å². The number of rotatable bonds is 3. The van der Waals surface area contributed by atoms with E-state index in [1.807, 2.05) is 44.1 Å². The molecule has 1 N–H and O–H groups in total. The Morgan fingerprint density at radius 2 is 1.95 bits per heavy atom. The average molecular weight is 339 g/mol. The summed E-state index contributed by atoms with van der Waals surface area (Å²) in [7, 11) is 3.95. The van der Waals surface area contributed by atoms with E-state index in [9.17, 15) is 4.79 Å². The standard InChI is InChI=1S/C16H23BrN2O/c1-11-10-12(4-9-15(11)17)16(20)19(3)14-7-5-13(18-2)6-8-14/h4,9-10,13-14,18H,5-8H2,1-3H3. The van der Waals surface area contributed by atoms with Crippen LogP contribution < -0.4 is 5.32 Å². The lowest BCUT2D eigenvalue weighted by Crippen LogP contribution is -2.42. The fourth-order valence-corrected chi connectivity index (χ4v) is 3.15. The van der Waals surface area contributed by atoms with Gasteiger partial charge < -0.3 is 10.2 Å². The van der Waals surface area contributed by atoms with E-state index in [4.69, 9.17) is 0 Å². The summed E-state index contributed by atoms with van der Waals surface area (Å²) >= 11 is 3.47. The van der Waals surface area contributed by atoms with Crippen LogP contribution in [0.1, 0.15) is 41.6 Å². The number of nitrogens with zero attached hydrogens (tertiary/aromatic N) is 1. The molecule has 1 fully saturated rings. The van der Waals surface area contributed by atoms with E-state index in [1.165, 1.54) is 0 Å². The molecule has 0 unspecified atom stereocenters. The molecule has 0 atom stereocenters. The van der Waals surface area contributed by atoms with Crippen molar-refractivity contribution >= 4 is 21.8 Å². The monoisotopic (exact) mass is 338 g/mol. The van der Waals surface area contributed by atoms with Crippen LogP contribution in [0.3, 0.4) is 0 Å². The zero-order valence-corrected chi connectivity index (χ0v) is 14.0. The van der Waals surface area contributed by atoms with E-state index < -0.39 is 0 Å². The predicted octanol–water partition coefficient (Wildman–Crippen LogP) is 3.36. The molecular weight excluding hydrogens is 316 g/mol. The number of halogens is 1. The molecule has 20 heavy (non-hydrogen) atoms. The molecule has 0 saturated heterocycles. The summed E-state index contributed by atoms with van der Waals surface area (Å²) in [5.41, 5.74) is 1.88. The lowest BCUT2D eigenvalue weighted by atomic mass is 9.90. The summed E-state index contributed by atoms with van der Waals surface area (Å²) in [5, 5.41) is 3.33. The Kier molecular flexibility index (Phi) is 5.22. The van der Waals surface area contributed by atoms with Gasteiger partial charge in [0.2, 0.25) is 0 Å². The maximum Gasteiger partial charge on any atom is 0.253 e. The SMILES string of the molecule is CNC1CCC(N(C)C(=O)c2ccc(Br)c(C)c2)CC1. The van der Waals surface area contributed by atoms with Gasteiger partial charge in [-0.05, 0) is 63.4 Å². The van der Waals surface area contributed by atoms with Gasteiger partial charge in [0, 0.05) is 29.2 Å². The van der Waals surface area contributed by atoms with Crippen LogP contribution in [0.5, 0.6) is 0 Å². The second-order valence-corrected chi connectivity index (χ2v) is 6.53. The highest BCUT2D eigenvalue weighted by Gasteiger charge is 2.26. The fourth-order valence-electron chi connectivity index (χ4n) is 2.90. The van der Waals surface area contributed by atoms with Gasteiger partial charge in [0.25, 0.3) is 5.91 Å². The number of nitrogens with one attached hydrogen (secondary N) is 1. The maximum absolute atomic E-state index is 12.6. The Morgan fingerprint density at radius 1 is 1.30 bits per heavy atom. The molecule has 0 aliphatic heterocycles. The zero-order valence-electron chi connectivity index (χ0n) is 12.4. The molecule has 110 valence electrons. The predicted molar refractivity (Wildman–Crippen MR) is 86.1 cm³/mol. The number of hydrogen-bond acceptors (Lipinski definition) is 2. The molecule has 1 saturated carbocycles. The molecule has 4 heteroatoms. The summed E-state index contributed by atoms with van der Waals surface area (Å²) in [6, 6.07) is 6.80. The third-order valence-corrected chi connectivity index (χ3v) is 5.27. The summed E-state index contributed by atoms with van der Waals surface area (Å²) < 4.78 is 1.05. The second-order valence-electron chi connectivity index (χ2n) is 5.67. The van der Waals surface area contributed by atoms with Crippen molar-refractivity contribution in [2.24, 2.45) is 0 Å². The number of benzene rings is 1. The van der Waals surface area contributed by atoms with Crippen molar-refractivity contribution in [2.45, 2.75) is 44.7 Å². The highest BCUT2D eigenvalue weighted by atomic mass is 79.9. The van der Waals surface area contributed by atoms with Crippen molar-refractivity contribution in [2.75, 3.05) is 14.1 Å². The molecular formula is C16H23BrN2O. The van der Waals surface area contributed by atoms with Crippen LogP contribution in [0.25, 0.3) is 0 Å². The maximum atomic E-state index is 12.6. The molecule has 0 bridgehead atoms. The van der Waals surface area contributed by atoms with Crippen LogP contribution in [0.2, 0.25) is 0 Å². The first-order valence-corrected chi connectivity index (χ1v) is 8.02. The molecule has 0 heterocycles. The smallest absolute Gasteiger partial charge is 0.253 e. The topological polar surface area (TPSA) is 32.3 Å². The third kappa shape index (κ3) is 3.41. The van der Waals surface area contributed by atoms with Crippen LogP contribution in [-0.4, -0.2) is 37.0 Å². The van der Waals surface area contributed by atoms with E-state index in [-0.39, 0.29) is 5.91 Å². The zero-order chi connectivity index (χ0) is 14.7. The van der Waals surface area contributed by atoms with E-state index in [0.29, 0.717) is 12.1 Å². The lowest BCUT2D eigenvalue weighted by molar-refractivity contribution is 0.0685. The lowest BCUT2D eigenvalue weighted by Gasteiger charge is -2.34. The summed E-state index contributed by atoms with van der Waals surface area (Å²) in [6.45, 7) is 2.01. The van der Waals surface area contributed by atoms with Gasteiger partial charge in [-0.25, -0.2) is 0 Å². The number of carbonyl (C=O) groups excluding carboxylic acids is 1. The van der Waals surface area contributed by atoms with E-state index >= 15 is 0 Å². The first-order chi connectivity index (χ1) is 9.52. The quantitative estimate of drug-likeness (QED) is 0.916. The number of aryl methyl sites for hydroxylation is 1. The normalized spacial score (nSPS) is 22.6. The fraction of sp³-hybridized carbons (Fsp3) is 0.562. The van der Waals surface area contributed by atoms with Crippen molar-refractivity contribution in [3.63, 3.8) is 0 Å². The van der Waals surface area contributed by atoms with Gasteiger partial charge in [0.05, 0.1) is 0 Å². The summed E-state index contributed by atoms with van der Waals surface area (Å²) in [6.07, 6.45) is 4.48.